The predicted molar refractivity (Wildman–Crippen MR) is 146 cm³/mol. The second kappa shape index (κ2) is 12.8. The number of hydrogen-bond acceptors (Lipinski definition) is 6. The van der Waals surface area contributed by atoms with Crippen molar-refractivity contribution in [1.29, 1.82) is 0 Å². The first-order chi connectivity index (χ1) is 19.2. The first-order valence-corrected chi connectivity index (χ1v) is 14.0. The zero-order chi connectivity index (χ0) is 30.4. The molecule has 1 atom stereocenters. The summed E-state index contributed by atoms with van der Waals surface area (Å²) < 4.78 is 69.4. The van der Waals surface area contributed by atoms with Gasteiger partial charge in [0.25, 0.3) is 15.9 Å². The van der Waals surface area contributed by atoms with Crippen LogP contribution in [0.2, 0.25) is 0 Å². The summed E-state index contributed by atoms with van der Waals surface area (Å²) in [6, 6.07) is 11.4. The quantitative estimate of drug-likeness (QED) is 0.150. The fourth-order valence-electron chi connectivity index (χ4n) is 3.74. The Morgan fingerprint density at radius 1 is 1.07 bits per heavy atom. The number of nitrogens with zero attached hydrogens (tertiary/aromatic N) is 3. The summed E-state index contributed by atoms with van der Waals surface area (Å²) >= 11 is 0. The number of guanidine groups is 1. The van der Waals surface area contributed by atoms with Crippen LogP contribution in [0.5, 0.6) is 0 Å². The third kappa shape index (κ3) is 8.30. The van der Waals surface area contributed by atoms with Gasteiger partial charge in [-0.05, 0) is 50.1 Å². The van der Waals surface area contributed by atoms with Crippen molar-refractivity contribution in [2.75, 3.05) is 6.54 Å². The van der Waals surface area contributed by atoms with Gasteiger partial charge in [0.1, 0.15) is 6.04 Å². The number of alkyl halides is 3. The molecule has 0 saturated heterocycles. The Balaban J connectivity index is 1.86. The average molecular weight is 594 g/mol. The van der Waals surface area contributed by atoms with Crippen molar-refractivity contribution in [2.24, 2.45) is 16.5 Å². The van der Waals surface area contributed by atoms with Gasteiger partial charge in [0, 0.05) is 18.5 Å². The Kier molecular flexibility index (Phi) is 9.75. The number of nitrogens with two attached hydrogens (primary N) is 2. The summed E-state index contributed by atoms with van der Waals surface area (Å²) in [5.41, 5.74) is 11.1. The van der Waals surface area contributed by atoms with E-state index in [0.717, 1.165) is 28.4 Å². The highest BCUT2D eigenvalue weighted by molar-refractivity contribution is 7.90. The highest BCUT2D eigenvalue weighted by atomic mass is 32.2. The van der Waals surface area contributed by atoms with Crippen molar-refractivity contribution in [3.63, 3.8) is 0 Å². The van der Waals surface area contributed by atoms with Crippen LogP contribution in [0.1, 0.15) is 37.4 Å². The summed E-state index contributed by atoms with van der Waals surface area (Å²) in [5, 5.41) is 6.17. The Bertz CT molecular complexity index is 1510. The van der Waals surface area contributed by atoms with Crippen molar-refractivity contribution in [3.05, 3.63) is 65.9 Å². The van der Waals surface area contributed by atoms with Crippen LogP contribution in [-0.4, -0.2) is 48.6 Å². The molecule has 3 aromatic rings. The molecular formula is C26H30F3N7O4S. The van der Waals surface area contributed by atoms with Gasteiger partial charge in [0.05, 0.1) is 16.3 Å². The van der Waals surface area contributed by atoms with Crippen LogP contribution in [0.4, 0.5) is 13.2 Å². The third-order valence-electron chi connectivity index (χ3n) is 5.89. The van der Waals surface area contributed by atoms with E-state index >= 15 is 0 Å². The summed E-state index contributed by atoms with van der Waals surface area (Å²) in [6.45, 7) is 3.58. The smallest absolute Gasteiger partial charge is 0.370 e. The summed E-state index contributed by atoms with van der Waals surface area (Å²) in [7, 11) is -4.40. The molecule has 0 spiro atoms. The maximum absolute atomic E-state index is 13.5. The van der Waals surface area contributed by atoms with Crippen LogP contribution in [0, 0.1) is 6.92 Å². The molecular weight excluding hydrogens is 563 g/mol. The van der Waals surface area contributed by atoms with Crippen molar-refractivity contribution in [2.45, 2.75) is 50.2 Å². The molecule has 0 fully saturated rings. The van der Waals surface area contributed by atoms with E-state index in [4.69, 9.17) is 11.5 Å². The van der Waals surface area contributed by atoms with Gasteiger partial charge in [-0.1, -0.05) is 36.8 Å². The summed E-state index contributed by atoms with van der Waals surface area (Å²) in [4.78, 5) is 28.2. The van der Waals surface area contributed by atoms with Gasteiger partial charge < -0.3 is 16.8 Å². The largest absolute Gasteiger partial charge is 0.435 e. The zero-order valence-electron chi connectivity index (χ0n) is 22.3. The molecule has 220 valence electrons. The van der Waals surface area contributed by atoms with E-state index in [0.29, 0.717) is 5.56 Å². The Morgan fingerprint density at radius 2 is 1.71 bits per heavy atom. The molecule has 0 radical (unpaired) electrons. The van der Waals surface area contributed by atoms with Crippen molar-refractivity contribution in [3.8, 4) is 16.9 Å². The van der Waals surface area contributed by atoms with Gasteiger partial charge in [-0.2, -0.15) is 18.3 Å². The number of aromatic nitrogens is 2. The number of halogens is 3. The lowest BCUT2D eigenvalue weighted by Gasteiger charge is -2.18. The topological polar surface area (TPSA) is 175 Å². The number of benzene rings is 2. The molecule has 41 heavy (non-hydrogen) atoms. The Hall–Kier alpha value is -4.40. The maximum atomic E-state index is 13.5. The van der Waals surface area contributed by atoms with Crippen LogP contribution in [0.15, 0.2) is 64.5 Å². The molecule has 1 heterocycles. The van der Waals surface area contributed by atoms with Crippen LogP contribution in [0.3, 0.4) is 0 Å². The molecule has 6 N–H and O–H groups in total. The Morgan fingerprint density at radius 3 is 2.27 bits per heavy atom. The van der Waals surface area contributed by atoms with E-state index in [1.54, 1.807) is 31.2 Å². The average Bonchev–Trinajstić information content (AvgIpc) is 3.36. The van der Waals surface area contributed by atoms with E-state index < -0.39 is 39.7 Å². The molecule has 3 rings (SSSR count). The molecule has 2 amide bonds. The predicted octanol–water partition coefficient (Wildman–Crippen LogP) is 2.62. The second-order valence-corrected chi connectivity index (χ2v) is 10.8. The molecule has 0 saturated carbocycles. The fourth-order valence-corrected chi connectivity index (χ4v) is 4.76. The minimum Gasteiger partial charge on any atom is -0.370 e. The minimum absolute atomic E-state index is 0.0609. The first kappa shape index (κ1) is 31.1. The molecule has 0 unspecified atom stereocenters. The lowest BCUT2D eigenvalue weighted by Crippen LogP contribution is -2.48. The first-order valence-electron chi connectivity index (χ1n) is 12.5. The third-order valence-corrected chi connectivity index (χ3v) is 7.25. The number of rotatable bonds is 11. The summed E-state index contributed by atoms with van der Waals surface area (Å²) in [5.74, 6) is -1.58. The molecule has 0 aliphatic rings. The maximum Gasteiger partial charge on any atom is 0.435 e. The van der Waals surface area contributed by atoms with Gasteiger partial charge >= 0.3 is 6.18 Å². The standard InChI is InChI=1S/C26H30F3N7O4S/c1-3-23(37)33-20(5-4-14-32-25(30)31)24(38)35-41(39,40)19-12-10-18(11-13-19)36-21(15-22(34-36)26(27,28)29)17-8-6-16(2)7-9-17/h6-13,15,20H,3-5,14H2,1-2H3,(H,33,37)(H,35,38)(H4,30,31,32)/t20-/m0/s1. The lowest BCUT2D eigenvalue weighted by atomic mass is 10.1. The van der Waals surface area contributed by atoms with Gasteiger partial charge in [0.15, 0.2) is 11.7 Å². The van der Waals surface area contributed by atoms with E-state index in [1.165, 1.54) is 12.1 Å². The molecule has 11 nitrogen and oxygen atoms in total. The number of aryl methyl sites for hydroxylation is 1. The van der Waals surface area contributed by atoms with E-state index in [9.17, 15) is 31.2 Å². The molecule has 0 aliphatic carbocycles. The monoisotopic (exact) mass is 593 g/mol. The number of aliphatic imine (C=N–C) groups is 1. The van der Waals surface area contributed by atoms with Crippen LogP contribution in [-0.2, 0) is 25.8 Å². The number of carbonyl (C=O) groups is 2. The number of sulfonamides is 1. The van der Waals surface area contributed by atoms with E-state index in [-0.39, 0.29) is 48.0 Å². The lowest BCUT2D eigenvalue weighted by molar-refractivity contribution is -0.141. The van der Waals surface area contributed by atoms with Crippen molar-refractivity contribution in [1.82, 2.24) is 19.8 Å². The molecule has 15 heteroatoms. The Labute approximate surface area is 234 Å². The molecule has 2 aromatic carbocycles. The van der Waals surface area contributed by atoms with Crippen LogP contribution < -0.4 is 21.5 Å². The van der Waals surface area contributed by atoms with Crippen molar-refractivity contribution < 1.29 is 31.2 Å². The highest BCUT2D eigenvalue weighted by Gasteiger charge is 2.35. The normalized spacial score (nSPS) is 12.4. The molecule has 0 aliphatic heterocycles. The van der Waals surface area contributed by atoms with E-state index in [1.807, 2.05) is 11.6 Å². The number of hydrogen-bond donors (Lipinski definition) is 4. The van der Waals surface area contributed by atoms with Crippen molar-refractivity contribution >= 4 is 27.8 Å². The fraction of sp³-hybridized carbons (Fsp3) is 0.308. The number of amides is 2. The van der Waals surface area contributed by atoms with Crippen LogP contribution in [0.25, 0.3) is 16.9 Å². The van der Waals surface area contributed by atoms with E-state index in [2.05, 4.69) is 15.4 Å². The van der Waals surface area contributed by atoms with Gasteiger partial charge in [-0.3, -0.25) is 14.6 Å². The van der Waals surface area contributed by atoms with Gasteiger partial charge in [0.2, 0.25) is 5.91 Å². The SMILES string of the molecule is CCC(=O)N[C@@H](CCCN=C(N)N)C(=O)NS(=O)(=O)c1ccc(-n2nc(C(F)(F)F)cc2-c2ccc(C)cc2)cc1. The van der Waals surface area contributed by atoms with Crippen LogP contribution >= 0.6 is 0 Å². The number of carbonyl (C=O) groups excluding carboxylic acids is 2. The van der Waals surface area contributed by atoms with Gasteiger partial charge in [-0.25, -0.2) is 17.8 Å². The highest BCUT2D eigenvalue weighted by Crippen LogP contribution is 2.33. The zero-order valence-corrected chi connectivity index (χ0v) is 23.1. The molecule has 1 aromatic heterocycles. The summed E-state index contributed by atoms with van der Waals surface area (Å²) in [6.07, 6.45) is -4.29. The number of nitrogens with one attached hydrogen (secondary N) is 2. The van der Waals surface area contributed by atoms with Gasteiger partial charge in [-0.15, -0.1) is 0 Å². The minimum atomic E-state index is -4.70. The molecule has 0 bridgehead atoms. The second-order valence-electron chi connectivity index (χ2n) is 9.08.